The minimum Gasteiger partial charge on any atom is -0.336 e. The largest absolute Gasteiger partial charge is 0.336 e. The van der Waals surface area contributed by atoms with Gasteiger partial charge in [0.15, 0.2) is 0 Å². The summed E-state index contributed by atoms with van der Waals surface area (Å²) >= 11 is 0. The third-order valence-electron chi connectivity index (χ3n) is 4.36. The first-order valence-corrected chi connectivity index (χ1v) is 7.81. The van der Waals surface area contributed by atoms with Gasteiger partial charge in [-0.1, -0.05) is 12.1 Å². The number of fused-ring (bicyclic) bond motifs is 1. The summed E-state index contributed by atoms with van der Waals surface area (Å²) in [5, 5.41) is 3.27. The third kappa shape index (κ3) is 3.14. The van der Waals surface area contributed by atoms with E-state index in [-0.39, 0.29) is 36.6 Å². The molecule has 1 fully saturated rings. The van der Waals surface area contributed by atoms with Gasteiger partial charge in [-0.2, -0.15) is 0 Å². The summed E-state index contributed by atoms with van der Waals surface area (Å²) in [6, 6.07) is 7.80. The van der Waals surface area contributed by atoms with Crippen LogP contribution in [0.15, 0.2) is 29.1 Å². The quantitative estimate of drug-likeness (QED) is 0.910. The van der Waals surface area contributed by atoms with E-state index < -0.39 is 0 Å². The molecule has 0 radical (unpaired) electrons. The van der Waals surface area contributed by atoms with Gasteiger partial charge in [0.1, 0.15) is 6.54 Å². The number of rotatable bonds is 3. The second-order valence-electron chi connectivity index (χ2n) is 5.74. The molecular formula is C16H23ClN4O2. The fourth-order valence-electron chi connectivity index (χ4n) is 3.17. The number of benzene rings is 1. The van der Waals surface area contributed by atoms with Gasteiger partial charge in [-0.15, -0.1) is 12.4 Å². The van der Waals surface area contributed by atoms with Crippen molar-refractivity contribution in [3.05, 3.63) is 34.7 Å². The number of aryl methyl sites for hydroxylation is 1. The Morgan fingerprint density at radius 2 is 1.91 bits per heavy atom. The van der Waals surface area contributed by atoms with Crippen molar-refractivity contribution < 1.29 is 4.79 Å². The van der Waals surface area contributed by atoms with Gasteiger partial charge in [0.05, 0.1) is 11.0 Å². The average molecular weight is 339 g/mol. The van der Waals surface area contributed by atoms with Gasteiger partial charge in [0, 0.05) is 32.2 Å². The lowest BCUT2D eigenvalue weighted by atomic mass is 10.2. The highest BCUT2D eigenvalue weighted by Gasteiger charge is 2.24. The van der Waals surface area contributed by atoms with Crippen LogP contribution in [-0.4, -0.2) is 45.6 Å². The minimum absolute atomic E-state index is 0. The summed E-state index contributed by atoms with van der Waals surface area (Å²) in [6.07, 6.45) is 0. The second kappa shape index (κ2) is 7.19. The zero-order valence-corrected chi connectivity index (χ0v) is 14.3. The van der Waals surface area contributed by atoms with Gasteiger partial charge < -0.3 is 10.2 Å². The first-order chi connectivity index (χ1) is 10.6. The first kappa shape index (κ1) is 17.6. The van der Waals surface area contributed by atoms with Crippen molar-refractivity contribution in [2.24, 2.45) is 0 Å². The predicted octanol–water partition coefficient (Wildman–Crippen LogP) is 1.07. The number of nitrogens with zero attached hydrogens (tertiary/aromatic N) is 3. The number of amides is 1. The molecular weight excluding hydrogens is 316 g/mol. The van der Waals surface area contributed by atoms with E-state index in [1.807, 2.05) is 43.0 Å². The summed E-state index contributed by atoms with van der Waals surface area (Å²) < 4.78 is 3.31. The van der Waals surface area contributed by atoms with E-state index in [0.29, 0.717) is 13.1 Å². The monoisotopic (exact) mass is 338 g/mol. The summed E-state index contributed by atoms with van der Waals surface area (Å²) in [7, 11) is 0. The maximum Gasteiger partial charge on any atom is 0.329 e. The Labute approximate surface area is 141 Å². The number of piperazine rings is 1. The van der Waals surface area contributed by atoms with Gasteiger partial charge in [-0.05, 0) is 26.0 Å². The molecule has 0 unspecified atom stereocenters. The summed E-state index contributed by atoms with van der Waals surface area (Å²) in [5.74, 6) is 0.00936. The Bertz CT molecular complexity index is 752. The van der Waals surface area contributed by atoms with Crippen LogP contribution in [0, 0.1) is 0 Å². The molecule has 7 heteroatoms. The summed E-state index contributed by atoms with van der Waals surface area (Å²) in [6.45, 7) is 6.99. The zero-order chi connectivity index (χ0) is 15.7. The SMILES string of the molecule is CCn1c(=O)n(CC(=O)N2CCNC[C@@H]2C)c2ccccc21.Cl. The number of carbonyl (C=O) groups is 1. The smallest absolute Gasteiger partial charge is 0.329 e. The molecule has 126 valence electrons. The van der Waals surface area contributed by atoms with Crippen molar-refractivity contribution in [1.82, 2.24) is 19.4 Å². The number of aromatic nitrogens is 2. The van der Waals surface area contributed by atoms with Crippen LogP contribution in [0.25, 0.3) is 11.0 Å². The summed E-state index contributed by atoms with van der Waals surface area (Å²) in [4.78, 5) is 27.0. The molecule has 0 spiro atoms. The van der Waals surface area contributed by atoms with Crippen LogP contribution in [-0.2, 0) is 17.9 Å². The van der Waals surface area contributed by atoms with Crippen LogP contribution in [0.3, 0.4) is 0 Å². The van der Waals surface area contributed by atoms with E-state index in [0.717, 1.165) is 24.1 Å². The zero-order valence-electron chi connectivity index (χ0n) is 13.5. The topological polar surface area (TPSA) is 59.3 Å². The lowest BCUT2D eigenvalue weighted by Gasteiger charge is -2.34. The molecule has 1 amide bonds. The van der Waals surface area contributed by atoms with Gasteiger partial charge in [0.25, 0.3) is 0 Å². The molecule has 2 aromatic rings. The molecule has 1 atom stereocenters. The van der Waals surface area contributed by atoms with Crippen molar-refractivity contribution in [1.29, 1.82) is 0 Å². The van der Waals surface area contributed by atoms with E-state index in [1.165, 1.54) is 0 Å². The molecule has 1 saturated heterocycles. The average Bonchev–Trinajstić information content (AvgIpc) is 2.79. The fourth-order valence-corrected chi connectivity index (χ4v) is 3.17. The number of halogens is 1. The van der Waals surface area contributed by atoms with Gasteiger partial charge in [-0.25, -0.2) is 4.79 Å². The minimum atomic E-state index is -0.111. The number of para-hydroxylation sites is 2. The highest BCUT2D eigenvalue weighted by atomic mass is 35.5. The standard InChI is InChI=1S/C16H22N4O2.ClH/c1-3-18-13-6-4-5-7-14(13)20(16(18)22)11-15(21)19-9-8-17-10-12(19)2;/h4-7,12,17H,3,8-11H2,1-2H3;1H/t12-;/m0./s1. The molecule has 1 aliphatic rings. The maximum absolute atomic E-state index is 12.6. The van der Waals surface area contributed by atoms with E-state index in [4.69, 9.17) is 0 Å². The predicted molar refractivity (Wildman–Crippen MR) is 93.2 cm³/mol. The number of carbonyl (C=O) groups excluding carboxylic acids is 1. The van der Waals surface area contributed by atoms with Crippen LogP contribution in [0.1, 0.15) is 13.8 Å². The van der Waals surface area contributed by atoms with E-state index in [9.17, 15) is 9.59 Å². The van der Waals surface area contributed by atoms with Crippen LogP contribution in [0.4, 0.5) is 0 Å². The Morgan fingerprint density at radius 1 is 1.26 bits per heavy atom. The van der Waals surface area contributed by atoms with E-state index in [1.54, 1.807) is 9.13 Å². The van der Waals surface area contributed by atoms with Gasteiger partial charge in [-0.3, -0.25) is 13.9 Å². The fraction of sp³-hybridized carbons (Fsp3) is 0.500. The molecule has 23 heavy (non-hydrogen) atoms. The molecule has 1 aromatic heterocycles. The van der Waals surface area contributed by atoms with Crippen molar-refractivity contribution >= 4 is 29.3 Å². The lowest BCUT2D eigenvalue weighted by Crippen LogP contribution is -2.53. The normalized spacial score (nSPS) is 18.0. The van der Waals surface area contributed by atoms with Gasteiger partial charge >= 0.3 is 5.69 Å². The highest BCUT2D eigenvalue weighted by molar-refractivity contribution is 5.85. The number of imidazole rings is 1. The van der Waals surface area contributed by atoms with Crippen LogP contribution < -0.4 is 11.0 Å². The summed E-state index contributed by atoms with van der Waals surface area (Å²) in [5.41, 5.74) is 1.60. The van der Waals surface area contributed by atoms with Gasteiger partial charge in [0.2, 0.25) is 5.91 Å². The van der Waals surface area contributed by atoms with Crippen LogP contribution in [0.5, 0.6) is 0 Å². The van der Waals surface area contributed by atoms with Crippen molar-refractivity contribution in [2.45, 2.75) is 33.0 Å². The number of hydrogen-bond acceptors (Lipinski definition) is 3. The highest BCUT2D eigenvalue weighted by Crippen LogP contribution is 2.13. The molecule has 0 bridgehead atoms. The lowest BCUT2D eigenvalue weighted by molar-refractivity contribution is -0.134. The van der Waals surface area contributed by atoms with Crippen LogP contribution >= 0.6 is 12.4 Å². The molecule has 6 nitrogen and oxygen atoms in total. The molecule has 3 rings (SSSR count). The Kier molecular flexibility index (Phi) is 5.49. The Hall–Kier alpha value is -1.79. The Balaban J connectivity index is 0.00000192. The molecule has 2 heterocycles. The maximum atomic E-state index is 12.6. The molecule has 1 aromatic carbocycles. The number of hydrogen-bond donors (Lipinski definition) is 1. The van der Waals surface area contributed by atoms with Crippen molar-refractivity contribution in [2.75, 3.05) is 19.6 Å². The Morgan fingerprint density at radius 3 is 2.52 bits per heavy atom. The van der Waals surface area contributed by atoms with Crippen molar-refractivity contribution in [3.8, 4) is 0 Å². The van der Waals surface area contributed by atoms with E-state index in [2.05, 4.69) is 5.32 Å². The molecule has 0 saturated carbocycles. The van der Waals surface area contributed by atoms with Crippen molar-refractivity contribution in [3.63, 3.8) is 0 Å². The third-order valence-corrected chi connectivity index (χ3v) is 4.36. The molecule has 1 aliphatic heterocycles. The second-order valence-corrected chi connectivity index (χ2v) is 5.74. The number of nitrogens with one attached hydrogen (secondary N) is 1. The van der Waals surface area contributed by atoms with E-state index >= 15 is 0 Å². The molecule has 1 N–H and O–H groups in total. The molecule has 0 aliphatic carbocycles. The van der Waals surface area contributed by atoms with Crippen LogP contribution in [0.2, 0.25) is 0 Å². The first-order valence-electron chi connectivity index (χ1n) is 7.81.